The van der Waals surface area contributed by atoms with Crippen LogP contribution in [0.4, 0.5) is 0 Å². The van der Waals surface area contributed by atoms with Crippen LogP contribution in [0.1, 0.15) is 12.5 Å². The summed E-state index contributed by atoms with van der Waals surface area (Å²) in [6.45, 7) is 2.07. The van der Waals surface area contributed by atoms with E-state index in [4.69, 9.17) is 14.2 Å². The first kappa shape index (κ1) is 14.1. The van der Waals surface area contributed by atoms with Gasteiger partial charge in [-0.15, -0.1) is 0 Å². The average Bonchev–Trinajstić information content (AvgIpc) is 2.35. The molecule has 0 aliphatic heterocycles. The molecule has 0 fully saturated rings. The van der Waals surface area contributed by atoms with Crippen molar-refractivity contribution >= 4 is 0 Å². The second-order valence-electron chi connectivity index (χ2n) is 3.84. The van der Waals surface area contributed by atoms with E-state index in [0.29, 0.717) is 6.61 Å². The van der Waals surface area contributed by atoms with E-state index < -0.39 is 18.5 Å². The molecule has 1 aromatic rings. The Balaban J connectivity index is 2.56. The maximum absolute atomic E-state index is 9.64. The van der Waals surface area contributed by atoms with Gasteiger partial charge in [-0.1, -0.05) is 30.3 Å². The normalized spacial score (nSPS) is 14.9. The molecule has 0 aromatic heterocycles. The molecular weight excluding hydrogens is 220 g/mol. The Bertz CT molecular complexity index is 296. The summed E-state index contributed by atoms with van der Waals surface area (Å²) in [5, 5.41) is 9.64. The zero-order chi connectivity index (χ0) is 12.7. The summed E-state index contributed by atoms with van der Waals surface area (Å²) in [5.74, 6) is 0. The number of aliphatic hydroxyl groups excluding tert-OH is 1. The predicted octanol–water partition coefficient (Wildman–Crippen LogP) is 1.57. The smallest absolute Gasteiger partial charge is 0.185 e. The first-order valence-electron chi connectivity index (χ1n) is 5.58. The first-order chi connectivity index (χ1) is 8.19. The second-order valence-corrected chi connectivity index (χ2v) is 3.84. The Labute approximate surface area is 102 Å². The molecule has 2 atom stereocenters. The molecule has 0 radical (unpaired) electrons. The molecule has 0 spiro atoms. The number of ether oxygens (including phenoxy) is 3. The minimum absolute atomic E-state index is 0.416. The molecule has 0 amide bonds. The lowest BCUT2D eigenvalue weighted by Gasteiger charge is -2.27. The molecular formula is C13H20O4. The zero-order valence-electron chi connectivity index (χ0n) is 10.5. The zero-order valence-corrected chi connectivity index (χ0v) is 10.5. The van der Waals surface area contributed by atoms with E-state index in [2.05, 4.69) is 0 Å². The second kappa shape index (κ2) is 7.40. The third-order valence-corrected chi connectivity index (χ3v) is 2.49. The van der Waals surface area contributed by atoms with E-state index in [1.54, 1.807) is 6.92 Å². The lowest BCUT2D eigenvalue weighted by Crippen LogP contribution is -2.40. The highest BCUT2D eigenvalue weighted by atomic mass is 16.7. The Kier molecular flexibility index (Phi) is 6.15. The van der Waals surface area contributed by atoms with Gasteiger partial charge < -0.3 is 19.3 Å². The number of methoxy groups -OCH3 is 2. The Hall–Kier alpha value is -0.940. The van der Waals surface area contributed by atoms with Gasteiger partial charge in [-0.2, -0.15) is 0 Å². The fourth-order valence-electron chi connectivity index (χ4n) is 1.58. The molecule has 0 saturated heterocycles. The van der Waals surface area contributed by atoms with Crippen LogP contribution in [0, 0.1) is 0 Å². The van der Waals surface area contributed by atoms with Crippen LogP contribution in [0.25, 0.3) is 0 Å². The largest absolute Gasteiger partial charge is 0.391 e. The van der Waals surface area contributed by atoms with Crippen LogP contribution in [-0.4, -0.2) is 37.8 Å². The van der Waals surface area contributed by atoms with Gasteiger partial charge in [0.15, 0.2) is 6.29 Å². The van der Waals surface area contributed by atoms with Crippen LogP contribution in [-0.2, 0) is 20.8 Å². The van der Waals surface area contributed by atoms with Crippen molar-refractivity contribution in [2.24, 2.45) is 0 Å². The molecule has 0 heterocycles. The third kappa shape index (κ3) is 4.44. The Morgan fingerprint density at radius 3 is 2.18 bits per heavy atom. The lowest BCUT2D eigenvalue weighted by molar-refractivity contribution is -0.208. The van der Waals surface area contributed by atoms with Crippen molar-refractivity contribution in [2.75, 3.05) is 14.2 Å². The van der Waals surface area contributed by atoms with E-state index in [9.17, 15) is 5.11 Å². The Morgan fingerprint density at radius 2 is 1.71 bits per heavy atom. The van der Waals surface area contributed by atoms with Crippen molar-refractivity contribution in [3.63, 3.8) is 0 Å². The minimum atomic E-state index is -0.663. The minimum Gasteiger partial charge on any atom is -0.391 e. The summed E-state index contributed by atoms with van der Waals surface area (Å²) in [6.07, 6.45) is -1.74. The van der Waals surface area contributed by atoms with Crippen LogP contribution < -0.4 is 0 Å². The Morgan fingerprint density at radius 1 is 1.12 bits per heavy atom. The highest BCUT2D eigenvalue weighted by Crippen LogP contribution is 2.12. The van der Waals surface area contributed by atoms with Crippen LogP contribution >= 0.6 is 0 Å². The van der Waals surface area contributed by atoms with Gasteiger partial charge in [0.2, 0.25) is 0 Å². The maximum atomic E-state index is 9.64. The van der Waals surface area contributed by atoms with E-state index in [-0.39, 0.29) is 0 Å². The maximum Gasteiger partial charge on any atom is 0.185 e. The molecule has 0 aliphatic rings. The summed E-state index contributed by atoms with van der Waals surface area (Å²) < 4.78 is 15.8. The van der Waals surface area contributed by atoms with E-state index in [1.165, 1.54) is 14.2 Å². The van der Waals surface area contributed by atoms with Gasteiger partial charge in [0, 0.05) is 14.2 Å². The van der Waals surface area contributed by atoms with Gasteiger partial charge in [-0.25, -0.2) is 0 Å². The van der Waals surface area contributed by atoms with Gasteiger partial charge in [0.1, 0.15) is 6.10 Å². The summed E-state index contributed by atoms with van der Waals surface area (Å²) in [7, 11) is 3.05. The number of hydrogen-bond acceptors (Lipinski definition) is 4. The van der Waals surface area contributed by atoms with Crippen LogP contribution in [0.15, 0.2) is 30.3 Å². The van der Waals surface area contributed by atoms with E-state index >= 15 is 0 Å². The monoisotopic (exact) mass is 240 g/mol. The molecule has 0 bridgehead atoms. The summed E-state index contributed by atoms with van der Waals surface area (Å²) >= 11 is 0. The number of aliphatic hydroxyl groups is 1. The standard InChI is InChI=1S/C13H20O4/c1-10(14)12(13(15-2)16-3)17-9-11-7-5-4-6-8-11/h4-8,10,12-14H,9H2,1-3H3/t10-,12-/m0/s1. The van der Waals surface area contributed by atoms with Crippen LogP contribution in [0.5, 0.6) is 0 Å². The van der Waals surface area contributed by atoms with Crippen molar-refractivity contribution in [2.45, 2.75) is 32.0 Å². The van der Waals surface area contributed by atoms with Crippen molar-refractivity contribution in [3.05, 3.63) is 35.9 Å². The topological polar surface area (TPSA) is 47.9 Å². The van der Waals surface area contributed by atoms with Crippen molar-refractivity contribution in [3.8, 4) is 0 Å². The fourth-order valence-corrected chi connectivity index (χ4v) is 1.58. The highest BCUT2D eigenvalue weighted by molar-refractivity contribution is 5.13. The van der Waals surface area contributed by atoms with Crippen LogP contribution in [0.2, 0.25) is 0 Å². The summed E-state index contributed by atoms with van der Waals surface area (Å²) in [6, 6.07) is 9.77. The van der Waals surface area contributed by atoms with Gasteiger partial charge in [-0.05, 0) is 12.5 Å². The van der Waals surface area contributed by atoms with Crippen molar-refractivity contribution < 1.29 is 19.3 Å². The first-order valence-corrected chi connectivity index (χ1v) is 5.58. The quantitative estimate of drug-likeness (QED) is 0.735. The van der Waals surface area contributed by atoms with Crippen molar-refractivity contribution in [1.29, 1.82) is 0 Å². The molecule has 1 rings (SSSR count). The summed E-state index contributed by atoms with van der Waals surface area (Å²) in [5.41, 5.74) is 1.05. The third-order valence-electron chi connectivity index (χ3n) is 2.49. The van der Waals surface area contributed by atoms with Crippen LogP contribution in [0.3, 0.4) is 0 Å². The molecule has 1 aromatic carbocycles. The molecule has 0 aliphatic carbocycles. The molecule has 4 nitrogen and oxygen atoms in total. The molecule has 17 heavy (non-hydrogen) atoms. The highest BCUT2D eigenvalue weighted by Gasteiger charge is 2.26. The SMILES string of the molecule is COC(OC)[C@@H](OCc1ccccc1)[C@H](C)O. The van der Waals surface area contributed by atoms with E-state index in [0.717, 1.165) is 5.56 Å². The number of benzene rings is 1. The average molecular weight is 240 g/mol. The fraction of sp³-hybridized carbons (Fsp3) is 0.538. The molecule has 1 N–H and O–H groups in total. The predicted molar refractivity (Wildman–Crippen MR) is 64.5 cm³/mol. The number of rotatable bonds is 7. The van der Waals surface area contributed by atoms with Gasteiger partial charge in [0.25, 0.3) is 0 Å². The lowest BCUT2D eigenvalue weighted by atomic mass is 10.2. The molecule has 4 heteroatoms. The van der Waals surface area contributed by atoms with E-state index in [1.807, 2.05) is 30.3 Å². The molecule has 0 saturated carbocycles. The van der Waals surface area contributed by atoms with Gasteiger partial charge in [0.05, 0.1) is 12.7 Å². The van der Waals surface area contributed by atoms with Crippen molar-refractivity contribution in [1.82, 2.24) is 0 Å². The van der Waals surface area contributed by atoms with Gasteiger partial charge >= 0.3 is 0 Å². The molecule has 0 unspecified atom stereocenters. The summed E-state index contributed by atoms with van der Waals surface area (Å²) in [4.78, 5) is 0. The van der Waals surface area contributed by atoms with Gasteiger partial charge in [-0.3, -0.25) is 0 Å². The number of hydrogen-bond donors (Lipinski definition) is 1. The molecule has 96 valence electrons.